The summed E-state index contributed by atoms with van der Waals surface area (Å²) in [5, 5.41) is 14.5. The maximum atomic E-state index is 11.5. The van der Waals surface area contributed by atoms with E-state index in [9.17, 15) is 14.4 Å². The van der Waals surface area contributed by atoms with Crippen molar-refractivity contribution in [3.05, 3.63) is 23.4 Å². The van der Waals surface area contributed by atoms with E-state index in [1.165, 1.54) is 13.0 Å². The highest BCUT2D eigenvalue weighted by Crippen LogP contribution is 2.20. The van der Waals surface area contributed by atoms with Crippen LogP contribution in [0.15, 0.2) is 17.7 Å². The summed E-state index contributed by atoms with van der Waals surface area (Å²) in [6.07, 6.45) is 1.18. The molecule has 0 radical (unpaired) electrons. The van der Waals surface area contributed by atoms with Crippen molar-refractivity contribution in [1.29, 1.82) is 0 Å². The average Bonchev–Trinajstić information content (AvgIpc) is 2.74. The number of H-pyrrole nitrogens is 1. The van der Waals surface area contributed by atoms with Gasteiger partial charge in [0, 0.05) is 17.7 Å². The summed E-state index contributed by atoms with van der Waals surface area (Å²) >= 11 is 0. The number of carboxylic acid groups (broad SMARTS) is 1. The van der Waals surface area contributed by atoms with Gasteiger partial charge in [0.1, 0.15) is 5.69 Å². The van der Waals surface area contributed by atoms with Crippen LogP contribution in [0.5, 0.6) is 0 Å². The van der Waals surface area contributed by atoms with Gasteiger partial charge in [-0.3, -0.25) is 14.7 Å². The lowest BCUT2D eigenvalue weighted by atomic mass is 10.3. The van der Waals surface area contributed by atoms with Gasteiger partial charge in [-0.2, -0.15) is 5.10 Å². The van der Waals surface area contributed by atoms with Crippen LogP contribution in [0.1, 0.15) is 17.4 Å². The number of rotatable bonds is 2. The van der Waals surface area contributed by atoms with E-state index in [0.29, 0.717) is 5.57 Å². The Balaban J connectivity index is 2.36. The highest BCUT2D eigenvalue weighted by atomic mass is 16.4. The highest BCUT2D eigenvalue weighted by molar-refractivity contribution is 6.30. The number of aromatic nitrogens is 2. The minimum atomic E-state index is -1.21. The van der Waals surface area contributed by atoms with Crippen LogP contribution in [0.2, 0.25) is 0 Å². The van der Waals surface area contributed by atoms with E-state index >= 15 is 0 Å². The van der Waals surface area contributed by atoms with Crippen LogP contribution < -0.4 is 4.90 Å². The number of anilines is 1. The van der Waals surface area contributed by atoms with E-state index in [-0.39, 0.29) is 11.5 Å². The molecule has 0 unspecified atom stereocenters. The highest BCUT2D eigenvalue weighted by Gasteiger charge is 2.31. The summed E-state index contributed by atoms with van der Waals surface area (Å²) in [4.78, 5) is 34.3. The lowest BCUT2D eigenvalue weighted by Crippen LogP contribution is -2.30. The van der Waals surface area contributed by atoms with Crippen molar-refractivity contribution in [2.45, 2.75) is 6.92 Å². The molecule has 0 spiro atoms. The van der Waals surface area contributed by atoms with E-state index < -0.39 is 17.8 Å². The normalized spacial score (nSPS) is 15.6. The molecule has 2 rings (SSSR count). The number of nitrogens with zero attached hydrogens (tertiary/aromatic N) is 2. The summed E-state index contributed by atoms with van der Waals surface area (Å²) in [5.41, 5.74) is 0.116. The lowest BCUT2D eigenvalue weighted by Gasteiger charge is -2.09. The number of aromatic carboxylic acids is 1. The Labute approximate surface area is 89.4 Å². The molecule has 2 amide bonds. The van der Waals surface area contributed by atoms with Gasteiger partial charge in [-0.25, -0.2) is 9.69 Å². The maximum Gasteiger partial charge on any atom is 0.353 e. The molecule has 0 fully saturated rings. The molecule has 2 N–H and O–H groups in total. The zero-order valence-electron chi connectivity index (χ0n) is 8.22. The zero-order valence-corrected chi connectivity index (χ0v) is 8.22. The summed E-state index contributed by atoms with van der Waals surface area (Å²) in [6, 6.07) is 1.13. The van der Waals surface area contributed by atoms with Crippen molar-refractivity contribution in [1.82, 2.24) is 10.2 Å². The largest absolute Gasteiger partial charge is 0.477 e. The molecule has 2 heterocycles. The van der Waals surface area contributed by atoms with Gasteiger partial charge >= 0.3 is 5.97 Å². The Bertz CT molecular complexity index is 529. The van der Waals surface area contributed by atoms with Crippen molar-refractivity contribution in [3.63, 3.8) is 0 Å². The standard InChI is InChI=1S/C9H7N3O4/c1-4-2-7(13)12(8(4)14)6-3-5(9(15)16)10-11-6/h2-3H,1H3,(H,10,11)(H,15,16). The molecule has 7 nitrogen and oxygen atoms in total. The molecule has 0 saturated carbocycles. The third-order valence-electron chi connectivity index (χ3n) is 2.12. The van der Waals surface area contributed by atoms with E-state index in [0.717, 1.165) is 11.0 Å². The second-order valence-electron chi connectivity index (χ2n) is 3.25. The molecule has 0 aliphatic carbocycles. The Hall–Kier alpha value is -2.44. The fourth-order valence-corrected chi connectivity index (χ4v) is 1.34. The Morgan fingerprint density at radius 3 is 2.62 bits per heavy atom. The number of carbonyl (C=O) groups excluding carboxylic acids is 2. The maximum absolute atomic E-state index is 11.5. The van der Waals surface area contributed by atoms with Crippen LogP contribution in [-0.2, 0) is 9.59 Å². The van der Waals surface area contributed by atoms with Gasteiger partial charge in [0.2, 0.25) is 0 Å². The predicted octanol–water partition coefficient (Wildman–Crippen LogP) is -0.0726. The zero-order chi connectivity index (χ0) is 11.9. The fourth-order valence-electron chi connectivity index (χ4n) is 1.34. The van der Waals surface area contributed by atoms with Crippen molar-refractivity contribution in [2.24, 2.45) is 0 Å². The predicted molar refractivity (Wildman–Crippen MR) is 51.8 cm³/mol. The van der Waals surface area contributed by atoms with Crippen molar-refractivity contribution in [3.8, 4) is 0 Å². The number of amides is 2. The van der Waals surface area contributed by atoms with Crippen molar-refractivity contribution in [2.75, 3.05) is 4.90 Å². The quantitative estimate of drug-likeness (QED) is 0.680. The number of imide groups is 1. The van der Waals surface area contributed by atoms with Crippen LogP contribution in [0.3, 0.4) is 0 Å². The molecular formula is C9H7N3O4. The number of nitrogens with one attached hydrogen (secondary N) is 1. The second-order valence-corrected chi connectivity index (χ2v) is 3.25. The summed E-state index contributed by atoms with van der Waals surface area (Å²) in [6.45, 7) is 1.50. The van der Waals surface area contributed by atoms with Crippen LogP contribution in [0, 0.1) is 0 Å². The molecule has 1 aliphatic rings. The molecule has 0 bridgehead atoms. The fraction of sp³-hybridized carbons (Fsp3) is 0.111. The molecule has 0 saturated heterocycles. The van der Waals surface area contributed by atoms with Crippen LogP contribution in [-0.4, -0.2) is 33.1 Å². The number of carbonyl (C=O) groups is 3. The molecule has 16 heavy (non-hydrogen) atoms. The Morgan fingerprint density at radius 2 is 2.19 bits per heavy atom. The molecule has 7 heteroatoms. The summed E-state index contributed by atoms with van der Waals surface area (Å²) < 4.78 is 0. The van der Waals surface area contributed by atoms with Crippen LogP contribution in [0.25, 0.3) is 0 Å². The second kappa shape index (κ2) is 3.30. The van der Waals surface area contributed by atoms with Crippen molar-refractivity contribution < 1.29 is 19.5 Å². The van der Waals surface area contributed by atoms with Gasteiger partial charge in [-0.15, -0.1) is 0 Å². The van der Waals surface area contributed by atoms with Gasteiger partial charge in [0.15, 0.2) is 5.82 Å². The minimum Gasteiger partial charge on any atom is -0.477 e. The average molecular weight is 221 g/mol. The molecule has 1 aromatic rings. The molecule has 1 aliphatic heterocycles. The van der Waals surface area contributed by atoms with E-state index in [1.54, 1.807) is 0 Å². The smallest absolute Gasteiger partial charge is 0.353 e. The molecule has 0 atom stereocenters. The first-order valence-electron chi connectivity index (χ1n) is 4.36. The first-order chi connectivity index (χ1) is 7.50. The summed E-state index contributed by atoms with van der Waals surface area (Å²) in [7, 11) is 0. The van der Waals surface area contributed by atoms with Gasteiger partial charge in [0.25, 0.3) is 11.8 Å². The third-order valence-corrected chi connectivity index (χ3v) is 2.12. The number of carboxylic acids is 1. The number of hydrogen-bond donors (Lipinski definition) is 2. The minimum absolute atomic E-state index is 0.0134. The third kappa shape index (κ3) is 1.38. The Kier molecular flexibility index (Phi) is 2.08. The summed E-state index contributed by atoms with van der Waals surface area (Å²) in [5.74, 6) is -2.23. The number of aromatic amines is 1. The Morgan fingerprint density at radius 1 is 1.50 bits per heavy atom. The molecule has 82 valence electrons. The lowest BCUT2D eigenvalue weighted by molar-refractivity contribution is -0.120. The van der Waals surface area contributed by atoms with Gasteiger partial charge in [0.05, 0.1) is 0 Å². The SMILES string of the molecule is CC1=CC(=O)N(c2cc(C(=O)O)[nH]n2)C1=O. The monoisotopic (exact) mass is 221 g/mol. The van der Waals surface area contributed by atoms with Gasteiger partial charge in [-0.05, 0) is 6.92 Å². The van der Waals surface area contributed by atoms with Crippen LogP contribution in [0.4, 0.5) is 5.82 Å². The van der Waals surface area contributed by atoms with Gasteiger partial charge < -0.3 is 5.11 Å². The molecular weight excluding hydrogens is 214 g/mol. The number of hydrogen-bond acceptors (Lipinski definition) is 4. The van der Waals surface area contributed by atoms with E-state index in [4.69, 9.17) is 5.11 Å². The van der Waals surface area contributed by atoms with Crippen LogP contribution >= 0.6 is 0 Å². The van der Waals surface area contributed by atoms with E-state index in [2.05, 4.69) is 10.2 Å². The first-order valence-corrected chi connectivity index (χ1v) is 4.36. The van der Waals surface area contributed by atoms with Gasteiger partial charge in [-0.1, -0.05) is 0 Å². The molecule has 0 aromatic carbocycles. The topological polar surface area (TPSA) is 103 Å². The first kappa shape index (κ1) is 10.1. The van der Waals surface area contributed by atoms with Crippen molar-refractivity contribution >= 4 is 23.6 Å². The molecule has 1 aromatic heterocycles. The van der Waals surface area contributed by atoms with E-state index in [1.807, 2.05) is 0 Å².